The van der Waals surface area contributed by atoms with Gasteiger partial charge in [0, 0.05) is 13.0 Å². The summed E-state index contributed by atoms with van der Waals surface area (Å²) in [6, 6.07) is 9.11. The van der Waals surface area contributed by atoms with Crippen molar-refractivity contribution in [2.24, 2.45) is 5.16 Å². The summed E-state index contributed by atoms with van der Waals surface area (Å²) in [4.78, 5) is 8.17. The number of rotatable bonds is 3. The number of oxime groups is 1. The molecule has 1 saturated heterocycles. The molecule has 118 valence electrons. The fourth-order valence-corrected chi connectivity index (χ4v) is 4.53. The normalized spacial score (nSPS) is 26.8. The lowest BCUT2D eigenvalue weighted by Gasteiger charge is -2.40. The summed E-state index contributed by atoms with van der Waals surface area (Å²) >= 11 is 0. The zero-order valence-electron chi connectivity index (χ0n) is 13.6. The Morgan fingerprint density at radius 2 is 2.05 bits per heavy atom. The van der Waals surface area contributed by atoms with Crippen LogP contribution in [0.2, 0.25) is 0 Å². The van der Waals surface area contributed by atoms with Gasteiger partial charge in [0.2, 0.25) is 0 Å². The largest absolute Gasteiger partial charge is 0.391 e. The fraction of sp³-hybridized carbons (Fsp3) is 0.632. The molecule has 1 aromatic carbocycles. The van der Waals surface area contributed by atoms with Crippen LogP contribution >= 0.6 is 0 Å². The molecule has 1 fully saturated rings. The average molecular weight is 298 g/mol. The molecule has 1 aromatic rings. The van der Waals surface area contributed by atoms with Gasteiger partial charge in [-0.2, -0.15) is 0 Å². The summed E-state index contributed by atoms with van der Waals surface area (Å²) in [6.45, 7) is 5.61. The van der Waals surface area contributed by atoms with E-state index in [4.69, 9.17) is 4.84 Å². The molecule has 0 aromatic heterocycles. The van der Waals surface area contributed by atoms with Crippen LogP contribution in [0.3, 0.4) is 0 Å². The third kappa shape index (κ3) is 2.45. The third-order valence-corrected chi connectivity index (χ3v) is 5.94. The first-order valence-corrected chi connectivity index (χ1v) is 8.81. The van der Waals surface area contributed by atoms with Gasteiger partial charge in [-0.3, -0.25) is 4.90 Å². The Labute approximate surface area is 133 Å². The van der Waals surface area contributed by atoms with Crippen LogP contribution in [0.1, 0.15) is 50.2 Å². The second kappa shape index (κ2) is 5.69. The number of likely N-dealkylation sites (tertiary alicyclic amines) is 1. The summed E-state index contributed by atoms with van der Waals surface area (Å²) in [6.07, 6.45) is 7.58. The van der Waals surface area contributed by atoms with Crippen molar-refractivity contribution in [3.05, 3.63) is 35.4 Å². The van der Waals surface area contributed by atoms with Crippen molar-refractivity contribution in [3.63, 3.8) is 0 Å². The van der Waals surface area contributed by atoms with E-state index >= 15 is 0 Å². The molecule has 22 heavy (non-hydrogen) atoms. The first-order valence-electron chi connectivity index (χ1n) is 8.81. The molecule has 3 heteroatoms. The lowest BCUT2D eigenvalue weighted by atomic mass is 9.74. The van der Waals surface area contributed by atoms with Gasteiger partial charge in [-0.1, -0.05) is 36.3 Å². The number of piperidine rings is 1. The lowest BCUT2D eigenvalue weighted by Crippen LogP contribution is -2.44. The van der Waals surface area contributed by atoms with E-state index in [1.54, 1.807) is 11.1 Å². The topological polar surface area (TPSA) is 24.8 Å². The van der Waals surface area contributed by atoms with Crippen molar-refractivity contribution in [2.45, 2.75) is 57.0 Å². The molecule has 1 unspecified atom stereocenters. The minimum atomic E-state index is 0.292. The second-order valence-corrected chi connectivity index (χ2v) is 7.18. The van der Waals surface area contributed by atoms with Crippen molar-refractivity contribution in [2.75, 3.05) is 19.6 Å². The van der Waals surface area contributed by atoms with Crippen LogP contribution in [0, 0.1) is 0 Å². The molecule has 0 saturated carbocycles. The Kier molecular flexibility index (Phi) is 3.69. The van der Waals surface area contributed by atoms with Crippen LogP contribution in [-0.2, 0) is 16.7 Å². The van der Waals surface area contributed by atoms with Crippen molar-refractivity contribution in [1.82, 2.24) is 4.90 Å². The Morgan fingerprint density at radius 3 is 2.82 bits per heavy atom. The van der Waals surface area contributed by atoms with E-state index in [0.717, 1.165) is 19.4 Å². The van der Waals surface area contributed by atoms with Crippen LogP contribution in [0.4, 0.5) is 0 Å². The predicted octanol–water partition coefficient (Wildman–Crippen LogP) is 3.52. The molecule has 1 atom stereocenters. The number of hydrogen-bond donors (Lipinski definition) is 0. The highest BCUT2D eigenvalue weighted by Gasteiger charge is 2.41. The van der Waals surface area contributed by atoms with Gasteiger partial charge in [0.25, 0.3) is 0 Å². The summed E-state index contributed by atoms with van der Waals surface area (Å²) < 4.78 is 0. The van der Waals surface area contributed by atoms with Crippen LogP contribution in [0.25, 0.3) is 0 Å². The summed E-state index contributed by atoms with van der Waals surface area (Å²) in [5.41, 5.74) is 4.93. The first-order chi connectivity index (χ1) is 10.8. The third-order valence-electron chi connectivity index (χ3n) is 5.94. The Balaban J connectivity index is 1.36. The number of aryl methyl sites for hydroxylation is 1. The molecule has 3 nitrogen and oxygen atoms in total. The first kappa shape index (κ1) is 14.3. The van der Waals surface area contributed by atoms with E-state index in [9.17, 15) is 0 Å². The molecule has 4 rings (SSSR count). The molecule has 3 aliphatic rings. The number of hydrogen-bond acceptors (Lipinski definition) is 3. The Bertz CT molecular complexity index is 573. The summed E-state index contributed by atoms with van der Waals surface area (Å²) in [7, 11) is 0. The molecule has 0 N–H and O–H groups in total. The van der Waals surface area contributed by atoms with Crippen molar-refractivity contribution < 1.29 is 4.84 Å². The maximum absolute atomic E-state index is 5.58. The van der Waals surface area contributed by atoms with E-state index in [1.807, 2.05) is 0 Å². The highest BCUT2D eigenvalue weighted by atomic mass is 16.6. The van der Waals surface area contributed by atoms with E-state index in [-0.39, 0.29) is 0 Å². The molecule has 1 aliphatic carbocycles. The predicted molar refractivity (Wildman–Crippen MR) is 89.3 cm³/mol. The monoisotopic (exact) mass is 298 g/mol. The maximum atomic E-state index is 5.58. The van der Waals surface area contributed by atoms with Crippen molar-refractivity contribution in [1.29, 1.82) is 0 Å². The zero-order valence-corrected chi connectivity index (χ0v) is 13.6. The smallest absolute Gasteiger partial charge is 0.145 e. The van der Waals surface area contributed by atoms with Gasteiger partial charge in [-0.15, -0.1) is 0 Å². The Hall–Kier alpha value is -1.35. The molecular formula is C19H26N2O. The average Bonchev–Trinajstić information content (AvgIpc) is 3.16. The minimum Gasteiger partial charge on any atom is -0.391 e. The quantitative estimate of drug-likeness (QED) is 0.853. The summed E-state index contributed by atoms with van der Waals surface area (Å²) in [5, 5.41) is 4.19. The second-order valence-electron chi connectivity index (χ2n) is 7.18. The SMILES string of the molecule is CCC1=NOC(CN2CCC3(CCc4ccccc43)CC2)C1. The van der Waals surface area contributed by atoms with E-state index in [1.165, 1.54) is 44.5 Å². The van der Waals surface area contributed by atoms with Crippen LogP contribution in [-0.4, -0.2) is 36.3 Å². The maximum Gasteiger partial charge on any atom is 0.145 e. The molecule has 0 amide bonds. The number of nitrogens with zero attached hydrogens (tertiary/aromatic N) is 2. The lowest BCUT2D eigenvalue weighted by molar-refractivity contribution is 0.0384. The fourth-order valence-electron chi connectivity index (χ4n) is 4.53. The van der Waals surface area contributed by atoms with Gasteiger partial charge in [0.15, 0.2) is 0 Å². The van der Waals surface area contributed by atoms with Gasteiger partial charge in [-0.05, 0) is 61.7 Å². The molecule has 0 radical (unpaired) electrons. The van der Waals surface area contributed by atoms with Gasteiger partial charge >= 0.3 is 0 Å². The zero-order chi connectivity index (χ0) is 15.0. The standard InChI is InChI=1S/C19H26N2O/c1-2-16-13-17(22-20-16)14-21-11-9-19(10-12-21)8-7-15-5-3-4-6-18(15)19/h3-6,17H,2,7-14H2,1H3. The summed E-state index contributed by atoms with van der Waals surface area (Å²) in [5.74, 6) is 0. The Morgan fingerprint density at radius 1 is 1.23 bits per heavy atom. The van der Waals surface area contributed by atoms with E-state index in [0.29, 0.717) is 11.5 Å². The molecule has 2 aliphatic heterocycles. The van der Waals surface area contributed by atoms with Gasteiger partial charge in [0.1, 0.15) is 6.10 Å². The van der Waals surface area contributed by atoms with Gasteiger partial charge in [-0.25, -0.2) is 0 Å². The highest BCUT2D eigenvalue weighted by Crippen LogP contribution is 2.46. The molecular weight excluding hydrogens is 272 g/mol. The van der Waals surface area contributed by atoms with Crippen LogP contribution in [0.5, 0.6) is 0 Å². The molecule has 2 heterocycles. The molecule has 1 spiro atoms. The number of fused-ring (bicyclic) bond motifs is 2. The minimum absolute atomic E-state index is 0.292. The highest BCUT2D eigenvalue weighted by molar-refractivity contribution is 5.85. The number of benzene rings is 1. The molecule has 0 bridgehead atoms. The van der Waals surface area contributed by atoms with Gasteiger partial charge in [0.05, 0.1) is 5.71 Å². The van der Waals surface area contributed by atoms with Crippen LogP contribution < -0.4 is 0 Å². The van der Waals surface area contributed by atoms with E-state index < -0.39 is 0 Å². The van der Waals surface area contributed by atoms with Crippen molar-refractivity contribution in [3.8, 4) is 0 Å². The van der Waals surface area contributed by atoms with Crippen LogP contribution in [0.15, 0.2) is 29.4 Å². The van der Waals surface area contributed by atoms with E-state index in [2.05, 4.69) is 41.2 Å². The van der Waals surface area contributed by atoms with Gasteiger partial charge < -0.3 is 4.84 Å². The van der Waals surface area contributed by atoms with Crippen molar-refractivity contribution >= 4 is 5.71 Å².